The van der Waals surface area contributed by atoms with Gasteiger partial charge < -0.3 is 5.32 Å². The maximum absolute atomic E-state index is 12.0. The molecule has 1 N–H and O–H groups in total. The number of rotatable bonds is 2. The molecule has 0 saturated carbocycles. The predicted molar refractivity (Wildman–Crippen MR) is 76.2 cm³/mol. The number of amides is 1. The van der Waals surface area contributed by atoms with Crippen molar-refractivity contribution in [3.05, 3.63) is 49.6 Å². The number of hydrogen-bond acceptors (Lipinski definition) is 2. The van der Waals surface area contributed by atoms with Gasteiger partial charge in [-0.05, 0) is 58.1 Å². The highest BCUT2D eigenvalue weighted by Crippen LogP contribution is 2.27. The zero-order valence-electron chi connectivity index (χ0n) is 8.96. The van der Waals surface area contributed by atoms with E-state index in [0.717, 1.165) is 14.9 Å². The molecule has 0 unspecified atom stereocenters. The zero-order chi connectivity index (χ0) is 12.4. The van der Waals surface area contributed by atoms with Crippen molar-refractivity contribution in [2.24, 2.45) is 0 Å². The molecule has 0 aliphatic heterocycles. The van der Waals surface area contributed by atoms with Crippen LogP contribution >= 0.6 is 38.9 Å². The summed E-state index contributed by atoms with van der Waals surface area (Å²) in [6.07, 6.45) is 0. The van der Waals surface area contributed by atoms with Gasteiger partial charge in [0.1, 0.15) is 0 Å². The fourth-order valence-corrected chi connectivity index (χ4v) is 2.98. The molecular formula is C12H9BrClNOS. The van der Waals surface area contributed by atoms with Crippen molar-refractivity contribution in [1.29, 1.82) is 0 Å². The quantitative estimate of drug-likeness (QED) is 0.847. The van der Waals surface area contributed by atoms with E-state index < -0.39 is 0 Å². The average Bonchev–Trinajstić information content (AvgIpc) is 2.68. The van der Waals surface area contributed by atoms with Crippen LogP contribution in [0.3, 0.4) is 0 Å². The number of hydrogen-bond donors (Lipinski definition) is 1. The Bertz CT molecular complexity index is 567. The summed E-state index contributed by atoms with van der Waals surface area (Å²) in [5.74, 6) is -0.0967. The van der Waals surface area contributed by atoms with Crippen LogP contribution in [0.2, 0.25) is 5.02 Å². The van der Waals surface area contributed by atoms with E-state index in [0.29, 0.717) is 10.7 Å². The fraction of sp³-hybridized carbons (Fsp3) is 0.0833. The summed E-state index contributed by atoms with van der Waals surface area (Å²) in [6.45, 7) is 1.92. The Balaban J connectivity index is 2.22. The summed E-state index contributed by atoms with van der Waals surface area (Å²) in [6, 6.07) is 7.19. The SMILES string of the molecule is Cc1ccsc1C(=O)Nc1ccc(Cl)cc1Br. The van der Waals surface area contributed by atoms with Gasteiger partial charge in [0.05, 0.1) is 10.6 Å². The number of thiophene rings is 1. The van der Waals surface area contributed by atoms with Crippen LogP contribution in [0.5, 0.6) is 0 Å². The van der Waals surface area contributed by atoms with Crippen molar-refractivity contribution in [2.75, 3.05) is 5.32 Å². The third-order valence-corrected chi connectivity index (χ3v) is 4.15. The Hall–Kier alpha value is -0.840. The molecule has 0 bridgehead atoms. The standard InChI is InChI=1S/C12H9BrClNOS/c1-7-4-5-17-11(7)12(16)15-10-3-2-8(14)6-9(10)13/h2-6H,1H3,(H,15,16). The molecule has 1 amide bonds. The van der Waals surface area contributed by atoms with Crippen molar-refractivity contribution in [2.45, 2.75) is 6.92 Å². The molecule has 1 aromatic carbocycles. The molecule has 0 saturated heterocycles. The fourth-order valence-electron chi connectivity index (χ4n) is 1.38. The number of carbonyl (C=O) groups is 1. The molecule has 0 atom stereocenters. The minimum Gasteiger partial charge on any atom is -0.320 e. The molecular weight excluding hydrogens is 322 g/mol. The Kier molecular flexibility index (Phi) is 3.86. The first kappa shape index (κ1) is 12.6. The predicted octanol–water partition coefficient (Wildman–Crippen LogP) is 4.72. The molecule has 17 heavy (non-hydrogen) atoms. The normalized spacial score (nSPS) is 10.3. The second kappa shape index (κ2) is 5.21. The lowest BCUT2D eigenvalue weighted by atomic mass is 10.2. The van der Waals surface area contributed by atoms with E-state index in [-0.39, 0.29) is 5.91 Å². The van der Waals surface area contributed by atoms with Crippen LogP contribution in [0, 0.1) is 6.92 Å². The van der Waals surface area contributed by atoms with Crippen LogP contribution < -0.4 is 5.32 Å². The summed E-state index contributed by atoms with van der Waals surface area (Å²) in [7, 11) is 0. The van der Waals surface area contributed by atoms with E-state index in [1.54, 1.807) is 18.2 Å². The highest BCUT2D eigenvalue weighted by atomic mass is 79.9. The van der Waals surface area contributed by atoms with E-state index >= 15 is 0 Å². The van der Waals surface area contributed by atoms with Crippen LogP contribution in [-0.4, -0.2) is 5.91 Å². The summed E-state index contributed by atoms with van der Waals surface area (Å²) < 4.78 is 0.771. The van der Waals surface area contributed by atoms with Gasteiger partial charge in [-0.15, -0.1) is 11.3 Å². The minimum atomic E-state index is -0.0967. The molecule has 0 spiro atoms. The van der Waals surface area contributed by atoms with Gasteiger partial charge in [0.25, 0.3) is 5.91 Å². The van der Waals surface area contributed by atoms with Gasteiger partial charge in [-0.1, -0.05) is 11.6 Å². The van der Waals surface area contributed by atoms with Gasteiger partial charge in [0.15, 0.2) is 0 Å². The summed E-state index contributed by atoms with van der Waals surface area (Å²) in [4.78, 5) is 12.7. The molecule has 5 heteroatoms. The van der Waals surface area contributed by atoms with E-state index in [2.05, 4.69) is 21.2 Å². The van der Waals surface area contributed by atoms with Crippen LogP contribution in [0.1, 0.15) is 15.2 Å². The summed E-state index contributed by atoms with van der Waals surface area (Å²) in [5.41, 5.74) is 1.70. The number of nitrogens with one attached hydrogen (secondary N) is 1. The van der Waals surface area contributed by atoms with Crippen LogP contribution in [-0.2, 0) is 0 Å². The average molecular weight is 331 g/mol. The Morgan fingerprint density at radius 1 is 1.41 bits per heavy atom. The van der Waals surface area contributed by atoms with E-state index in [4.69, 9.17) is 11.6 Å². The number of halogens is 2. The Morgan fingerprint density at radius 2 is 2.18 bits per heavy atom. The third-order valence-electron chi connectivity index (χ3n) is 2.25. The number of anilines is 1. The van der Waals surface area contributed by atoms with Gasteiger partial charge in [-0.3, -0.25) is 4.79 Å². The van der Waals surface area contributed by atoms with Gasteiger partial charge in [0.2, 0.25) is 0 Å². The maximum atomic E-state index is 12.0. The number of carbonyl (C=O) groups excluding carboxylic acids is 1. The molecule has 1 aromatic heterocycles. The summed E-state index contributed by atoms with van der Waals surface area (Å²) in [5, 5.41) is 5.38. The topological polar surface area (TPSA) is 29.1 Å². The molecule has 88 valence electrons. The smallest absolute Gasteiger partial charge is 0.266 e. The third kappa shape index (κ3) is 2.89. The van der Waals surface area contributed by atoms with Crippen molar-refractivity contribution < 1.29 is 4.79 Å². The monoisotopic (exact) mass is 329 g/mol. The lowest BCUT2D eigenvalue weighted by Crippen LogP contribution is -2.11. The number of benzene rings is 1. The second-order valence-electron chi connectivity index (χ2n) is 3.51. The van der Waals surface area contributed by atoms with Gasteiger partial charge >= 0.3 is 0 Å². The molecule has 1 heterocycles. The van der Waals surface area contributed by atoms with E-state index in [1.807, 2.05) is 18.4 Å². The van der Waals surface area contributed by atoms with Gasteiger partial charge in [0, 0.05) is 9.50 Å². The first-order valence-electron chi connectivity index (χ1n) is 4.88. The van der Waals surface area contributed by atoms with Crippen molar-refractivity contribution in [3.63, 3.8) is 0 Å². The molecule has 0 radical (unpaired) electrons. The molecule has 0 fully saturated rings. The Labute approximate surface area is 117 Å². The molecule has 2 nitrogen and oxygen atoms in total. The van der Waals surface area contributed by atoms with Crippen LogP contribution in [0.25, 0.3) is 0 Å². The first-order valence-corrected chi connectivity index (χ1v) is 6.93. The molecule has 0 aliphatic rings. The first-order chi connectivity index (χ1) is 8.08. The van der Waals surface area contributed by atoms with Crippen molar-refractivity contribution in [1.82, 2.24) is 0 Å². The van der Waals surface area contributed by atoms with Gasteiger partial charge in [-0.25, -0.2) is 0 Å². The second-order valence-corrected chi connectivity index (χ2v) is 5.72. The molecule has 2 aromatic rings. The minimum absolute atomic E-state index is 0.0967. The zero-order valence-corrected chi connectivity index (χ0v) is 12.1. The number of aryl methyl sites for hydroxylation is 1. The van der Waals surface area contributed by atoms with E-state index in [1.165, 1.54) is 11.3 Å². The van der Waals surface area contributed by atoms with Gasteiger partial charge in [-0.2, -0.15) is 0 Å². The van der Waals surface area contributed by atoms with Crippen molar-refractivity contribution >= 4 is 50.5 Å². The largest absolute Gasteiger partial charge is 0.320 e. The lowest BCUT2D eigenvalue weighted by Gasteiger charge is -2.07. The van der Waals surface area contributed by atoms with E-state index in [9.17, 15) is 4.79 Å². The van der Waals surface area contributed by atoms with Crippen LogP contribution in [0.15, 0.2) is 34.1 Å². The van der Waals surface area contributed by atoms with Crippen molar-refractivity contribution in [3.8, 4) is 0 Å². The highest BCUT2D eigenvalue weighted by molar-refractivity contribution is 9.10. The van der Waals surface area contributed by atoms with Crippen LogP contribution in [0.4, 0.5) is 5.69 Å². The lowest BCUT2D eigenvalue weighted by molar-refractivity contribution is 0.103. The Morgan fingerprint density at radius 3 is 2.76 bits per heavy atom. The maximum Gasteiger partial charge on any atom is 0.266 e. The molecule has 2 rings (SSSR count). The summed E-state index contributed by atoms with van der Waals surface area (Å²) >= 11 is 10.6. The highest BCUT2D eigenvalue weighted by Gasteiger charge is 2.12. The molecule has 0 aliphatic carbocycles.